The van der Waals surface area contributed by atoms with Gasteiger partial charge in [0.25, 0.3) is 5.56 Å². The van der Waals surface area contributed by atoms with Gasteiger partial charge < -0.3 is 9.30 Å². The minimum absolute atomic E-state index is 0.00719. The number of hydrogen-bond acceptors (Lipinski definition) is 4. The fraction of sp³-hybridized carbons (Fsp3) is 0.278. The van der Waals surface area contributed by atoms with E-state index in [1.54, 1.807) is 25.4 Å². The molecule has 0 atom stereocenters. The van der Waals surface area contributed by atoms with Crippen molar-refractivity contribution >= 4 is 11.6 Å². The van der Waals surface area contributed by atoms with Crippen LogP contribution in [-0.2, 0) is 17.7 Å². The first kappa shape index (κ1) is 16.0. The van der Waals surface area contributed by atoms with Crippen molar-refractivity contribution in [1.29, 1.82) is 0 Å². The molecule has 0 bridgehead atoms. The van der Waals surface area contributed by atoms with Crippen LogP contribution >= 0.6 is 0 Å². The highest BCUT2D eigenvalue weighted by Gasteiger charge is 2.16. The third-order valence-corrected chi connectivity index (χ3v) is 3.83. The van der Waals surface area contributed by atoms with Gasteiger partial charge in [-0.3, -0.25) is 4.79 Å². The largest absolute Gasteiger partial charge is 0.462 e. The van der Waals surface area contributed by atoms with E-state index in [-0.39, 0.29) is 12.2 Å². The predicted molar refractivity (Wildman–Crippen MR) is 90.2 cm³/mol. The minimum atomic E-state index is -0.614. The maximum Gasteiger partial charge on any atom is 0.345 e. The third-order valence-electron chi connectivity index (χ3n) is 3.83. The summed E-state index contributed by atoms with van der Waals surface area (Å²) in [4.78, 5) is 24.3. The van der Waals surface area contributed by atoms with Crippen molar-refractivity contribution < 1.29 is 9.53 Å². The molecule has 0 aliphatic carbocycles. The molecule has 0 amide bonds. The smallest absolute Gasteiger partial charge is 0.345 e. The van der Waals surface area contributed by atoms with E-state index in [0.29, 0.717) is 12.2 Å². The fourth-order valence-corrected chi connectivity index (χ4v) is 2.69. The van der Waals surface area contributed by atoms with E-state index in [1.165, 1.54) is 10.1 Å². The summed E-state index contributed by atoms with van der Waals surface area (Å²) in [6, 6.07) is 12.0. The van der Waals surface area contributed by atoms with Gasteiger partial charge in [0.05, 0.1) is 12.8 Å². The summed E-state index contributed by atoms with van der Waals surface area (Å²) < 4.78 is 8.09. The molecular weight excluding hydrogens is 306 g/mol. The van der Waals surface area contributed by atoms with Crippen LogP contribution in [0.25, 0.3) is 5.65 Å². The van der Waals surface area contributed by atoms with E-state index in [1.807, 2.05) is 22.8 Å². The number of aryl methyl sites for hydroxylation is 2. The first-order valence-electron chi connectivity index (χ1n) is 7.99. The highest BCUT2D eigenvalue weighted by molar-refractivity contribution is 5.88. The number of aromatic nitrogens is 3. The van der Waals surface area contributed by atoms with Crippen LogP contribution in [-0.4, -0.2) is 26.8 Å². The van der Waals surface area contributed by atoms with E-state index in [0.717, 1.165) is 12.8 Å². The van der Waals surface area contributed by atoms with Crippen LogP contribution in [0.5, 0.6) is 0 Å². The molecule has 3 aromatic rings. The Balaban J connectivity index is 1.86. The molecule has 24 heavy (non-hydrogen) atoms. The molecule has 0 spiro atoms. The lowest BCUT2D eigenvalue weighted by Crippen LogP contribution is -2.27. The molecule has 124 valence electrons. The number of benzene rings is 1. The zero-order valence-corrected chi connectivity index (χ0v) is 13.5. The van der Waals surface area contributed by atoms with Crippen molar-refractivity contribution in [1.82, 2.24) is 14.2 Å². The summed E-state index contributed by atoms with van der Waals surface area (Å²) in [5, 5.41) is 4.02. The van der Waals surface area contributed by atoms with Gasteiger partial charge in [-0.25, -0.2) is 4.79 Å². The van der Waals surface area contributed by atoms with Crippen LogP contribution in [0.1, 0.15) is 29.3 Å². The van der Waals surface area contributed by atoms with Crippen molar-refractivity contribution in [3.63, 3.8) is 0 Å². The lowest BCUT2D eigenvalue weighted by Gasteiger charge is -2.11. The van der Waals surface area contributed by atoms with E-state index >= 15 is 0 Å². The van der Waals surface area contributed by atoms with Crippen LogP contribution in [0.4, 0.5) is 0 Å². The summed E-state index contributed by atoms with van der Waals surface area (Å²) in [5.41, 5.74) is 1.48. The van der Waals surface area contributed by atoms with E-state index < -0.39 is 11.5 Å². The molecule has 6 nitrogen and oxygen atoms in total. The van der Waals surface area contributed by atoms with Gasteiger partial charge in [-0.1, -0.05) is 30.3 Å². The summed E-state index contributed by atoms with van der Waals surface area (Å²) in [6.07, 6.45) is 4.93. The minimum Gasteiger partial charge on any atom is -0.462 e. The summed E-state index contributed by atoms with van der Waals surface area (Å²) in [5.74, 6) is -0.614. The van der Waals surface area contributed by atoms with E-state index in [2.05, 4.69) is 17.2 Å². The number of esters is 1. The van der Waals surface area contributed by atoms with Crippen LogP contribution in [0.2, 0.25) is 0 Å². The molecule has 0 unspecified atom stereocenters. The Kier molecular flexibility index (Phi) is 4.74. The van der Waals surface area contributed by atoms with Gasteiger partial charge in [0.1, 0.15) is 11.2 Å². The Labute approximate surface area is 139 Å². The van der Waals surface area contributed by atoms with E-state index in [9.17, 15) is 9.59 Å². The Hall–Kier alpha value is -2.89. The fourth-order valence-electron chi connectivity index (χ4n) is 2.69. The second kappa shape index (κ2) is 7.12. The zero-order valence-electron chi connectivity index (χ0n) is 13.5. The molecule has 0 radical (unpaired) electrons. The monoisotopic (exact) mass is 325 g/mol. The molecular formula is C18H19N3O3. The number of ether oxygens (including phenoxy) is 1. The number of hydrogen-bond donors (Lipinski definition) is 0. The molecule has 2 aromatic heterocycles. The van der Waals surface area contributed by atoms with Gasteiger partial charge in [-0.05, 0) is 25.3 Å². The number of fused-ring (bicyclic) bond motifs is 1. The van der Waals surface area contributed by atoms with Crippen molar-refractivity contribution in [2.75, 3.05) is 6.61 Å². The van der Waals surface area contributed by atoms with Gasteiger partial charge >= 0.3 is 5.97 Å². The van der Waals surface area contributed by atoms with Gasteiger partial charge in [0, 0.05) is 18.8 Å². The molecule has 0 aliphatic rings. The number of carbonyl (C=O) groups excluding carboxylic acids is 1. The molecule has 0 aliphatic heterocycles. The summed E-state index contributed by atoms with van der Waals surface area (Å²) in [6.45, 7) is 2.61. The topological polar surface area (TPSA) is 65.6 Å². The maximum atomic E-state index is 12.3. The van der Waals surface area contributed by atoms with Gasteiger partial charge in [0.2, 0.25) is 0 Å². The van der Waals surface area contributed by atoms with Crippen molar-refractivity contribution in [2.24, 2.45) is 0 Å². The summed E-state index contributed by atoms with van der Waals surface area (Å²) in [7, 11) is 0. The molecule has 0 saturated carbocycles. The first-order valence-corrected chi connectivity index (χ1v) is 7.99. The molecule has 0 saturated heterocycles. The zero-order chi connectivity index (χ0) is 16.9. The molecule has 2 heterocycles. The SMILES string of the molecule is CCOC(=O)c1cn(CCCc2ccccc2)c2ccnn2c1=O. The normalized spacial score (nSPS) is 10.9. The highest BCUT2D eigenvalue weighted by atomic mass is 16.5. The standard InChI is InChI=1S/C18H19N3O3/c1-2-24-18(23)15-13-20(16-10-11-19-21(16)17(15)22)12-6-9-14-7-4-3-5-8-14/h3-5,7-8,10-11,13H,2,6,9,12H2,1H3. The van der Waals surface area contributed by atoms with Crippen LogP contribution < -0.4 is 5.56 Å². The van der Waals surface area contributed by atoms with Gasteiger partial charge in [-0.2, -0.15) is 9.61 Å². The second-order valence-electron chi connectivity index (χ2n) is 5.45. The second-order valence-corrected chi connectivity index (χ2v) is 5.45. The quantitative estimate of drug-likeness (QED) is 0.652. The molecule has 1 aromatic carbocycles. The van der Waals surface area contributed by atoms with Crippen LogP contribution in [0, 0.1) is 0 Å². The van der Waals surface area contributed by atoms with Crippen LogP contribution in [0.15, 0.2) is 53.6 Å². The molecule has 6 heteroatoms. The Morgan fingerprint density at radius 2 is 2.00 bits per heavy atom. The molecule has 0 N–H and O–H groups in total. The Morgan fingerprint density at radius 3 is 2.75 bits per heavy atom. The Morgan fingerprint density at radius 1 is 1.21 bits per heavy atom. The maximum absolute atomic E-state index is 12.3. The summed E-state index contributed by atoms with van der Waals surface area (Å²) >= 11 is 0. The lowest BCUT2D eigenvalue weighted by molar-refractivity contribution is 0.0522. The van der Waals surface area contributed by atoms with E-state index in [4.69, 9.17) is 4.74 Å². The number of carbonyl (C=O) groups is 1. The highest BCUT2D eigenvalue weighted by Crippen LogP contribution is 2.08. The average Bonchev–Trinajstić information content (AvgIpc) is 3.08. The third kappa shape index (κ3) is 3.22. The Bertz CT molecular complexity index is 897. The predicted octanol–water partition coefficient (Wildman–Crippen LogP) is 2.31. The average molecular weight is 325 g/mol. The van der Waals surface area contributed by atoms with Crippen molar-refractivity contribution in [2.45, 2.75) is 26.3 Å². The number of rotatable bonds is 6. The molecule has 0 fully saturated rings. The van der Waals surface area contributed by atoms with Crippen molar-refractivity contribution in [3.05, 3.63) is 70.3 Å². The molecule has 3 rings (SSSR count). The van der Waals surface area contributed by atoms with Gasteiger partial charge in [0.15, 0.2) is 0 Å². The van der Waals surface area contributed by atoms with Crippen molar-refractivity contribution in [3.8, 4) is 0 Å². The first-order chi connectivity index (χ1) is 11.7. The number of nitrogens with zero attached hydrogens (tertiary/aromatic N) is 3. The lowest BCUT2D eigenvalue weighted by atomic mass is 10.1. The van der Waals surface area contributed by atoms with Crippen LogP contribution in [0.3, 0.4) is 0 Å². The van der Waals surface area contributed by atoms with Gasteiger partial charge in [-0.15, -0.1) is 0 Å².